The van der Waals surface area contributed by atoms with E-state index in [1.165, 1.54) is 17.1 Å². The van der Waals surface area contributed by atoms with Crippen molar-refractivity contribution in [2.75, 3.05) is 29.8 Å². The van der Waals surface area contributed by atoms with Crippen LogP contribution in [-0.4, -0.2) is 45.9 Å². The molecule has 1 aromatic carbocycles. The zero-order valence-electron chi connectivity index (χ0n) is 15.5. The second-order valence-corrected chi connectivity index (χ2v) is 9.77. The van der Waals surface area contributed by atoms with Crippen LogP contribution in [0.25, 0.3) is 0 Å². The summed E-state index contributed by atoms with van der Waals surface area (Å²) in [5.74, 6) is 2.02. The summed E-state index contributed by atoms with van der Waals surface area (Å²) >= 11 is 0. The van der Waals surface area contributed by atoms with Crippen molar-refractivity contribution in [2.24, 2.45) is 11.8 Å². The first-order valence-corrected chi connectivity index (χ1v) is 11.3. The molecule has 2 bridgehead atoms. The van der Waals surface area contributed by atoms with Gasteiger partial charge in [-0.05, 0) is 50.2 Å². The van der Waals surface area contributed by atoms with E-state index >= 15 is 0 Å². The van der Waals surface area contributed by atoms with Crippen LogP contribution in [0.4, 0.5) is 5.69 Å². The number of carbonyl (C=O) groups excluding carboxylic acids is 1. The van der Waals surface area contributed by atoms with Crippen LogP contribution in [0.1, 0.15) is 32.6 Å². The zero-order chi connectivity index (χ0) is 19.0. The summed E-state index contributed by atoms with van der Waals surface area (Å²) in [6.07, 6.45) is 4.62. The van der Waals surface area contributed by atoms with Crippen molar-refractivity contribution in [3.8, 4) is 11.5 Å². The maximum absolute atomic E-state index is 12.6. The molecule has 8 heteroatoms. The van der Waals surface area contributed by atoms with Crippen molar-refractivity contribution >= 4 is 21.6 Å². The molecule has 0 radical (unpaired) electrons. The van der Waals surface area contributed by atoms with E-state index in [-0.39, 0.29) is 24.2 Å². The fourth-order valence-corrected chi connectivity index (χ4v) is 5.56. The number of ether oxygens (including phenoxy) is 2. The summed E-state index contributed by atoms with van der Waals surface area (Å²) < 4.78 is 37.5. The molecule has 2 saturated carbocycles. The zero-order valence-corrected chi connectivity index (χ0v) is 16.3. The molecular formula is C19H26N2O5S. The summed E-state index contributed by atoms with van der Waals surface area (Å²) in [4.78, 5) is 12.6. The number of rotatable bonds is 6. The van der Waals surface area contributed by atoms with Gasteiger partial charge < -0.3 is 14.8 Å². The Labute approximate surface area is 160 Å². The average molecular weight is 394 g/mol. The third-order valence-corrected chi connectivity index (χ3v) is 7.63. The quantitative estimate of drug-likeness (QED) is 0.797. The molecule has 4 rings (SSSR count). The van der Waals surface area contributed by atoms with Crippen LogP contribution >= 0.6 is 0 Å². The lowest BCUT2D eigenvalue weighted by molar-refractivity contribution is -0.120. The number of carbonyl (C=O) groups is 1. The Morgan fingerprint density at radius 2 is 1.96 bits per heavy atom. The summed E-state index contributed by atoms with van der Waals surface area (Å²) in [6, 6.07) is 5.16. The number of hydrogen-bond acceptors (Lipinski definition) is 5. The molecule has 1 amide bonds. The number of sulfonamides is 1. The number of anilines is 1. The van der Waals surface area contributed by atoms with Gasteiger partial charge in [0, 0.05) is 12.1 Å². The lowest BCUT2D eigenvalue weighted by Gasteiger charge is -2.28. The fraction of sp³-hybridized carbons (Fsp3) is 0.632. The Morgan fingerprint density at radius 3 is 2.63 bits per heavy atom. The van der Waals surface area contributed by atoms with Gasteiger partial charge in [0.25, 0.3) is 0 Å². The second kappa shape index (κ2) is 7.22. The molecule has 0 saturated heterocycles. The highest BCUT2D eigenvalue weighted by atomic mass is 32.2. The van der Waals surface area contributed by atoms with Gasteiger partial charge >= 0.3 is 0 Å². The minimum absolute atomic E-state index is 0.0805. The van der Waals surface area contributed by atoms with E-state index in [0.717, 1.165) is 12.8 Å². The number of nitrogens with one attached hydrogen (secondary N) is 1. The van der Waals surface area contributed by atoms with Crippen LogP contribution in [0.5, 0.6) is 11.5 Å². The lowest BCUT2D eigenvalue weighted by Crippen LogP contribution is -2.46. The number of benzene rings is 1. The summed E-state index contributed by atoms with van der Waals surface area (Å²) in [5, 5.41) is 3.07. The predicted octanol–water partition coefficient (Wildman–Crippen LogP) is 1.92. The van der Waals surface area contributed by atoms with Gasteiger partial charge in [-0.15, -0.1) is 0 Å². The molecule has 3 atom stereocenters. The molecular weight excluding hydrogens is 368 g/mol. The molecule has 148 valence electrons. The Kier molecular flexibility index (Phi) is 4.92. The molecule has 0 aromatic heterocycles. The highest BCUT2D eigenvalue weighted by molar-refractivity contribution is 7.92. The van der Waals surface area contributed by atoms with E-state index in [1.807, 2.05) is 0 Å². The summed E-state index contributed by atoms with van der Waals surface area (Å²) in [6.45, 7) is 2.24. The van der Waals surface area contributed by atoms with E-state index in [0.29, 0.717) is 42.2 Å². The van der Waals surface area contributed by atoms with E-state index in [1.54, 1.807) is 25.1 Å². The third-order valence-electron chi connectivity index (χ3n) is 5.89. The topological polar surface area (TPSA) is 84.9 Å². The van der Waals surface area contributed by atoms with Gasteiger partial charge in [-0.25, -0.2) is 8.42 Å². The van der Waals surface area contributed by atoms with E-state index in [2.05, 4.69) is 5.32 Å². The molecule has 2 aliphatic carbocycles. The van der Waals surface area contributed by atoms with Gasteiger partial charge in [-0.2, -0.15) is 0 Å². The maximum Gasteiger partial charge on any atom is 0.241 e. The smallest absolute Gasteiger partial charge is 0.241 e. The third kappa shape index (κ3) is 3.72. The normalized spacial score (nSPS) is 26.0. The maximum atomic E-state index is 12.6. The SMILES string of the molecule is CCS(=O)(=O)N(CC(=O)NC1CC2CCC1C2)c1ccc2c(c1)OCCO2. The van der Waals surface area contributed by atoms with Gasteiger partial charge in [-0.3, -0.25) is 9.10 Å². The second-order valence-electron chi connectivity index (χ2n) is 7.58. The van der Waals surface area contributed by atoms with Crippen molar-refractivity contribution in [3.05, 3.63) is 18.2 Å². The monoisotopic (exact) mass is 394 g/mol. The van der Waals surface area contributed by atoms with E-state index in [9.17, 15) is 13.2 Å². The Hall–Kier alpha value is -1.96. The molecule has 7 nitrogen and oxygen atoms in total. The van der Waals surface area contributed by atoms with Crippen LogP contribution in [0.3, 0.4) is 0 Å². The van der Waals surface area contributed by atoms with Gasteiger partial charge in [0.05, 0.1) is 11.4 Å². The van der Waals surface area contributed by atoms with Crippen LogP contribution in [0.15, 0.2) is 18.2 Å². The minimum Gasteiger partial charge on any atom is -0.486 e. The summed E-state index contributed by atoms with van der Waals surface area (Å²) in [5.41, 5.74) is 0.421. The highest BCUT2D eigenvalue weighted by Gasteiger charge is 2.40. The van der Waals surface area contributed by atoms with Gasteiger partial charge in [-0.1, -0.05) is 6.42 Å². The Balaban J connectivity index is 1.52. The molecule has 2 fully saturated rings. The van der Waals surface area contributed by atoms with E-state index in [4.69, 9.17) is 9.47 Å². The van der Waals surface area contributed by atoms with E-state index < -0.39 is 10.0 Å². The number of fused-ring (bicyclic) bond motifs is 3. The van der Waals surface area contributed by atoms with Crippen LogP contribution in [0.2, 0.25) is 0 Å². The molecule has 1 aliphatic heterocycles. The molecule has 27 heavy (non-hydrogen) atoms. The Morgan fingerprint density at radius 1 is 1.19 bits per heavy atom. The highest BCUT2D eigenvalue weighted by Crippen LogP contribution is 2.44. The molecule has 1 aromatic rings. The van der Waals surface area contributed by atoms with Crippen LogP contribution < -0.4 is 19.1 Å². The summed E-state index contributed by atoms with van der Waals surface area (Å²) in [7, 11) is -3.60. The molecule has 3 unspecified atom stereocenters. The van der Waals surface area contributed by atoms with Crippen molar-refractivity contribution in [2.45, 2.75) is 38.6 Å². The first kappa shape index (κ1) is 18.4. The predicted molar refractivity (Wildman–Crippen MR) is 102 cm³/mol. The van der Waals surface area contributed by atoms with Gasteiger partial charge in [0.15, 0.2) is 11.5 Å². The van der Waals surface area contributed by atoms with Gasteiger partial charge in [0.1, 0.15) is 19.8 Å². The minimum atomic E-state index is -3.60. The van der Waals surface area contributed by atoms with Crippen molar-refractivity contribution in [1.82, 2.24) is 5.32 Å². The molecule has 1 N–H and O–H groups in total. The average Bonchev–Trinajstić information content (AvgIpc) is 3.28. The van der Waals surface area contributed by atoms with Crippen molar-refractivity contribution in [1.29, 1.82) is 0 Å². The fourth-order valence-electron chi connectivity index (χ4n) is 4.50. The van der Waals surface area contributed by atoms with Crippen LogP contribution in [-0.2, 0) is 14.8 Å². The first-order valence-electron chi connectivity index (χ1n) is 9.65. The Bertz CT molecular complexity index is 825. The molecule has 3 aliphatic rings. The lowest BCUT2D eigenvalue weighted by atomic mass is 9.95. The van der Waals surface area contributed by atoms with Gasteiger partial charge in [0.2, 0.25) is 15.9 Å². The first-order chi connectivity index (χ1) is 13.0. The molecule has 0 spiro atoms. The number of hydrogen-bond donors (Lipinski definition) is 1. The number of nitrogens with zero attached hydrogens (tertiary/aromatic N) is 1. The van der Waals surface area contributed by atoms with Crippen molar-refractivity contribution in [3.63, 3.8) is 0 Å². The van der Waals surface area contributed by atoms with Crippen LogP contribution in [0, 0.1) is 11.8 Å². The largest absolute Gasteiger partial charge is 0.486 e. The standard InChI is InChI=1S/C19H26N2O5S/c1-2-27(23,24)21(15-5-6-17-18(11-15)26-8-7-25-17)12-19(22)20-16-10-13-3-4-14(16)9-13/h5-6,11,13-14,16H,2-4,7-10,12H2,1H3,(H,20,22). The van der Waals surface area contributed by atoms with Crippen molar-refractivity contribution < 1.29 is 22.7 Å². The number of amides is 1. The molecule has 1 heterocycles.